The second-order valence-electron chi connectivity index (χ2n) is 3.04. The standard InChI is InChI=1S/C10H10N2O2/c1-7-2-4-8(5-3-7)10-11-9(6-13)12-14-10/h2-5,13H,6H2,1H3. The maximum absolute atomic E-state index is 8.76. The van der Waals surface area contributed by atoms with E-state index in [1.807, 2.05) is 31.2 Å². The summed E-state index contributed by atoms with van der Waals surface area (Å²) in [5.41, 5.74) is 2.04. The number of aryl methyl sites for hydroxylation is 1. The lowest BCUT2D eigenvalue weighted by Crippen LogP contribution is -1.84. The molecule has 0 fully saturated rings. The lowest BCUT2D eigenvalue weighted by atomic mass is 10.1. The molecular formula is C10H10N2O2. The van der Waals surface area contributed by atoms with Gasteiger partial charge >= 0.3 is 0 Å². The molecule has 0 bridgehead atoms. The number of benzene rings is 1. The highest BCUT2D eigenvalue weighted by atomic mass is 16.5. The van der Waals surface area contributed by atoms with Gasteiger partial charge in [0.25, 0.3) is 5.89 Å². The Bertz CT molecular complexity index is 420. The highest BCUT2D eigenvalue weighted by molar-refractivity contribution is 5.52. The van der Waals surface area contributed by atoms with Crippen LogP contribution < -0.4 is 0 Å². The highest BCUT2D eigenvalue weighted by Crippen LogP contribution is 2.17. The first-order valence-electron chi connectivity index (χ1n) is 4.30. The van der Waals surface area contributed by atoms with E-state index in [1.54, 1.807) is 0 Å². The summed E-state index contributed by atoms with van der Waals surface area (Å²) >= 11 is 0. The predicted molar refractivity (Wildman–Crippen MR) is 50.4 cm³/mol. The van der Waals surface area contributed by atoms with Crippen LogP contribution >= 0.6 is 0 Å². The number of rotatable bonds is 2. The molecule has 4 heteroatoms. The Labute approximate surface area is 81.2 Å². The van der Waals surface area contributed by atoms with Crippen molar-refractivity contribution in [2.45, 2.75) is 13.5 Å². The van der Waals surface area contributed by atoms with Crippen LogP contribution in [0, 0.1) is 6.92 Å². The monoisotopic (exact) mass is 190 g/mol. The maximum atomic E-state index is 8.76. The molecular weight excluding hydrogens is 180 g/mol. The van der Waals surface area contributed by atoms with Crippen molar-refractivity contribution in [1.82, 2.24) is 10.1 Å². The number of aliphatic hydroxyl groups excluding tert-OH is 1. The fourth-order valence-corrected chi connectivity index (χ4v) is 1.13. The van der Waals surface area contributed by atoms with Crippen LogP contribution in [0.25, 0.3) is 11.5 Å². The van der Waals surface area contributed by atoms with Gasteiger partial charge in [0.2, 0.25) is 0 Å². The summed E-state index contributed by atoms with van der Waals surface area (Å²) < 4.78 is 4.96. The van der Waals surface area contributed by atoms with Gasteiger partial charge in [0.1, 0.15) is 6.61 Å². The van der Waals surface area contributed by atoms with Gasteiger partial charge in [-0.15, -0.1) is 0 Å². The lowest BCUT2D eigenvalue weighted by molar-refractivity contribution is 0.264. The lowest BCUT2D eigenvalue weighted by Gasteiger charge is -1.93. The first-order chi connectivity index (χ1) is 6.79. The van der Waals surface area contributed by atoms with E-state index < -0.39 is 0 Å². The minimum absolute atomic E-state index is 0.199. The van der Waals surface area contributed by atoms with Crippen LogP contribution in [0.4, 0.5) is 0 Å². The molecule has 4 nitrogen and oxygen atoms in total. The zero-order chi connectivity index (χ0) is 9.97. The van der Waals surface area contributed by atoms with Crippen LogP contribution in [0.3, 0.4) is 0 Å². The van der Waals surface area contributed by atoms with Gasteiger partial charge in [-0.3, -0.25) is 0 Å². The van der Waals surface area contributed by atoms with E-state index in [4.69, 9.17) is 9.63 Å². The summed E-state index contributed by atoms with van der Waals surface area (Å²) in [4.78, 5) is 4.00. The van der Waals surface area contributed by atoms with Crippen LogP contribution in [0.15, 0.2) is 28.8 Å². The SMILES string of the molecule is Cc1ccc(-c2nc(CO)no2)cc1. The number of aliphatic hydroxyl groups is 1. The van der Waals surface area contributed by atoms with Crippen LogP contribution in [0.1, 0.15) is 11.4 Å². The zero-order valence-electron chi connectivity index (χ0n) is 7.77. The van der Waals surface area contributed by atoms with E-state index >= 15 is 0 Å². The molecule has 0 aliphatic heterocycles. The Hall–Kier alpha value is -1.68. The fourth-order valence-electron chi connectivity index (χ4n) is 1.13. The minimum atomic E-state index is -0.199. The van der Waals surface area contributed by atoms with Crippen molar-refractivity contribution < 1.29 is 9.63 Å². The molecule has 2 aromatic rings. The minimum Gasteiger partial charge on any atom is -0.388 e. The van der Waals surface area contributed by atoms with Crippen molar-refractivity contribution in [2.24, 2.45) is 0 Å². The molecule has 0 saturated carbocycles. The molecule has 1 N–H and O–H groups in total. The molecule has 0 atom stereocenters. The molecule has 0 aliphatic carbocycles. The van der Waals surface area contributed by atoms with Gasteiger partial charge in [0.15, 0.2) is 5.82 Å². The Kier molecular flexibility index (Phi) is 2.28. The average molecular weight is 190 g/mol. The third-order valence-electron chi connectivity index (χ3n) is 1.91. The number of hydrogen-bond donors (Lipinski definition) is 1. The smallest absolute Gasteiger partial charge is 0.258 e. The zero-order valence-corrected chi connectivity index (χ0v) is 7.77. The summed E-state index contributed by atoms with van der Waals surface area (Å²) in [6, 6.07) is 7.75. The Morgan fingerprint density at radius 1 is 1.29 bits per heavy atom. The molecule has 14 heavy (non-hydrogen) atoms. The molecule has 0 spiro atoms. The van der Waals surface area contributed by atoms with Crippen molar-refractivity contribution >= 4 is 0 Å². The fraction of sp³-hybridized carbons (Fsp3) is 0.200. The second-order valence-corrected chi connectivity index (χ2v) is 3.04. The topological polar surface area (TPSA) is 59.2 Å². The Morgan fingerprint density at radius 3 is 2.57 bits per heavy atom. The summed E-state index contributed by atoms with van der Waals surface area (Å²) in [5.74, 6) is 0.745. The molecule has 0 amide bonds. The van der Waals surface area contributed by atoms with Gasteiger partial charge in [-0.1, -0.05) is 22.9 Å². The average Bonchev–Trinajstić information content (AvgIpc) is 2.67. The molecule has 72 valence electrons. The summed E-state index contributed by atoms with van der Waals surface area (Å²) in [6.45, 7) is 1.81. The van der Waals surface area contributed by atoms with E-state index in [2.05, 4.69) is 10.1 Å². The Morgan fingerprint density at radius 2 is 2.00 bits per heavy atom. The van der Waals surface area contributed by atoms with Gasteiger partial charge in [0, 0.05) is 5.56 Å². The molecule has 0 radical (unpaired) electrons. The first-order valence-corrected chi connectivity index (χ1v) is 4.30. The van der Waals surface area contributed by atoms with Gasteiger partial charge in [-0.2, -0.15) is 4.98 Å². The highest BCUT2D eigenvalue weighted by Gasteiger charge is 2.06. The number of nitrogens with zero attached hydrogens (tertiary/aromatic N) is 2. The quantitative estimate of drug-likeness (QED) is 0.780. The van der Waals surface area contributed by atoms with E-state index in [0.717, 1.165) is 5.56 Å². The second kappa shape index (κ2) is 3.59. The van der Waals surface area contributed by atoms with Gasteiger partial charge in [-0.05, 0) is 19.1 Å². The first kappa shape index (κ1) is 8.90. The molecule has 1 aromatic heterocycles. The van der Waals surface area contributed by atoms with E-state index in [1.165, 1.54) is 5.56 Å². The predicted octanol–water partition coefficient (Wildman–Crippen LogP) is 1.54. The number of hydrogen-bond acceptors (Lipinski definition) is 4. The van der Waals surface area contributed by atoms with Crippen molar-refractivity contribution in [3.63, 3.8) is 0 Å². The van der Waals surface area contributed by atoms with Crippen molar-refractivity contribution in [3.8, 4) is 11.5 Å². The van der Waals surface area contributed by atoms with Gasteiger partial charge < -0.3 is 9.63 Å². The van der Waals surface area contributed by atoms with Crippen LogP contribution in [-0.2, 0) is 6.61 Å². The molecule has 0 saturated heterocycles. The summed E-state index contributed by atoms with van der Waals surface area (Å²) in [7, 11) is 0. The van der Waals surface area contributed by atoms with Crippen molar-refractivity contribution in [2.75, 3.05) is 0 Å². The van der Waals surface area contributed by atoms with Crippen LogP contribution in [-0.4, -0.2) is 15.2 Å². The third-order valence-corrected chi connectivity index (χ3v) is 1.91. The van der Waals surface area contributed by atoms with Crippen molar-refractivity contribution in [3.05, 3.63) is 35.7 Å². The number of aromatic nitrogens is 2. The molecule has 0 aliphatic rings. The molecule has 0 unspecified atom stereocenters. The van der Waals surface area contributed by atoms with Crippen LogP contribution in [0.5, 0.6) is 0 Å². The van der Waals surface area contributed by atoms with Crippen molar-refractivity contribution in [1.29, 1.82) is 0 Å². The third kappa shape index (κ3) is 1.65. The van der Waals surface area contributed by atoms with Gasteiger partial charge in [0.05, 0.1) is 0 Å². The van der Waals surface area contributed by atoms with Gasteiger partial charge in [-0.25, -0.2) is 0 Å². The summed E-state index contributed by atoms with van der Waals surface area (Å²) in [6.07, 6.45) is 0. The van der Waals surface area contributed by atoms with E-state index in [-0.39, 0.29) is 6.61 Å². The Balaban J connectivity index is 2.34. The maximum Gasteiger partial charge on any atom is 0.258 e. The largest absolute Gasteiger partial charge is 0.388 e. The molecule has 1 heterocycles. The van der Waals surface area contributed by atoms with Crippen LogP contribution in [0.2, 0.25) is 0 Å². The molecule has 2 rings (SSSR count). The van der Waals surface area contributed by atoms with E-state index in [0.29, 0.717) is 11.7 Å². The normalized spacial score (nSPS) is 10.4. The summed E-state index contributed by atoms with van der Waals surface area (Å²) in [5, 5.41) is 12.4. The molecule has 1 aromatic carbocycles. The van der Waals surface area contributed by atoms with E-state index in [9.17, 15) is 0 Å².